The number of rotatable bonds is 5. The van der Waals surface area contributed by atoms with Gasteiger partial charge in [0, 0.05) is 24.2 Å². The summed E-state index contributed by atoms with van der Waals surface area (Å²) in [6, 6.07) is 2.78. The van der Waals surface area contributed by atoms with E-state index in [9.17, 15) is 25.0 Å². The summed E-state index contributed by atoms with van der Waals surface area (Å²) in [6.45, 7) is 0. The first-order valence-corrected chi connectivity index (χ1v) is 6.28. The first-order valence-electron chi connectivity index (χ1n) is 6.28. The Hall–Kier alpha value is -3.21. The van der Waals surface area contributed by atoms with Crippen molar-refractivity contribution in [3.63, 3.8) is 0 Å². The molecule has 0 aromatic heterocycles. The third-order valence-electron chi connectivity index (χ3n) is 3.26. The van der Waals surface area contributed by atoms with Crippen LogP contribution in [0, 0.1) is 38.5 Å². The zero-order chi connectivity index (χ0) is 16.3. The van der Waals surface area contributed by atoms with Gasteiger partial charge < -0.3 is 5.32 Å². The van der Waals surface area contributed by atoms with Gasteiger partial charge in [0.05, 0.1) is 27.9 Å². The van der Waals surface area contributed by atoms with Gasteiger partial charge in [-0.3, -0.25) is 25.0 Å². The van der Waals surface area contributed by atoms with Crippen molar-refractivity contribution in [2.45, 2.75) is 12.5 Å². The normalized spacial score (nSPS) is 19.7. The number of carbonyl (C=O) groups excluding carboxylic acids is 1. The van der Waals surface area contributed by atoms with E-state index in [4.69, 9.17) is 6.42 Å². The van der Waals surface area contributed by atoms with Crippen LogP contribution >= 0.6 is 0 Å². The van der Waals surface area contributed by atoms with Crippen molar-refractivity contribution in [2.24, 2.45) is 5.92 Å². The molecule has 1 aromatic rings. The van der Waals surface area contributed by atoms with Gasteiger partial charge in [0.2, 0.25) is 0 Å². The Bertz CT molecular complexity index is 687. The zero-order valence-electron chi connectivity index (χ0n) is 11.3. The molecule has 8 nitrogen and oxygen atoms in total. The number of nitrogens with one attached hydrogen (secondary N) is 1. The summed E-state index contributed by atoms with van der Waals surface area (Å²) in [5.74, 6) is 1.77. The summed E-state index contributed by atoms with van der Waals surface area (Å²) in [5, 5.41) is 24.6. The van der Waals surface area contributed by atoms with Crippen LogP contribution in [0.15, 0.2) is 30.4 Å². The quantitative estimate of drug-likeness (QED) is 0.505. The average molecular weight is 301 g/mol. The molecule has 1 N–H and O–H groups in total. The van der Waals surface area contributed by atoms with E-state index < -0.39 is 33.2 Å². The van der Waals surface area contributed by atoms with Gasteiger partial charge >= 0.3 is 0 Å². The van der Waals surface area contributed by atoms with Gasteiger partial charge in [0.15, 0.2) is 5.78 Å². The predicted molar refractivity (Wildman–Crippen MR) is 78.2 cm³/mol. The van der Waals surface area contributed by atoms with Crippen LogP contribution in [0.2, 0.25) is 0 Å². The van der Waals surface area contributed by atoms with E-state index in [1.807, 2.05) is 0 Å². The van der Waals surface area contributed by atoms with Crippen LogP contribution in [0.25, 0.3) is 0 Å². The molecule has 0 spiro atoms. The number of terminal acetylenes is 1. The second kappa shape index (κ2) is 6.05. The Labute approximate surface area is 125 Å². The molecule has 0 aliphatic heterocycles. The molecule has 0 saturated heterocycles. The highest BCUT2D eigenvalue weighted by Crippen LogP contribution is 2.29. The zero-order valence-corrected chi connectivity index (χ0v) is 11.3. The highest BCUT2D eigenvalue weighted by atomic mass is 16.6. The molecule has 0 amide bonds. The third-order valence-corrected chi connectivity index (χ3v) is 3.26. The monoisotopic (exact) mass is 301 g/mol. The molecular weight excluding hydrogens is 290 g/mol. The van der Waals surface area contributed by atoms with E-state index in [0.717, 1.165) is 6.07 Å². The van der Waals surface area contributed by atoms with Crippen molar-refractivity contribution < 1.29 is 14.6 Å². The number of non-ortho nitro benzene ring substituents is 2. The second-order valence-corrected chi connectivity index (χ2v) is 4.70. The molecule has 2 unspecified atom stereocenters. The Morgan fingerprint density at radius 3 is 2.27 bits per heavy atom. The van der Waals surface area contributed by atoms with Gasteiger partial charge in [-0.25, -0.2) is 0 Å². The second-order valence-electron chi connectivity index (χ2n) is 4.70. The number of hydrogen-bond acceptors (Lipinski definition) is 6. The topological polar surface area (TPSA) is 115 Å². The lowest BCUT2D eigenvalue weighted by atomic mass is 9.98. The molecule has 22 heavy (non-hydrogen) atoms. The van der Waals surface area contributed by atoms with Crippen molar-refractivity contribution in [2.75, 3.05) is 5.32 Å². The van der Waals surface area contributed by atoms with Crippen molar-refractivity contribution in [3.8, 4) is 12.3 Å². The molecule has 8 heteroatoms. The first-order chi connectivity index (χ1) is 10.4. The lowest BCUT2D eigenvalue weighted by Gasteiger charge is -2.18. The van der Waals surface area contributed by atoms with E-state index in [2.05, 4.69) is 11.2 Å². The van der Waals surface area contributed by atoms with Crippen LogP contribution in [0.3, 0.4) is 0 Å². The number of allylic oxidation sites excluding steroid dienone is 1. The summed E-state index contributed by atoms with van der Waals surface area (Å²) >= 11 is 0. The van der Waals surface area contributed by atoms with Crippen molar-refractivity contribution in [1.82, 2.24) is 0 Å². The Balaban J connectivity index is 2.31. The lowest BCUT2D eigenvalue weighted by Crippen LogP contribution is -2.27. The highest BCUT2D eigenvalue weighted by Gasteiger charge is 2.30. The molecule has 2 rings (SSSR count). The van der Waals surface area contributed by atoms with Gasteiger partial charge in [-0.2, -0.15) is 0 Å². The highest BCUT2D eigenvalue weighted by molar-refractivity contribution is 5.96. The molecular formula is C14H11N3O5. The fraction of sp³-hybridized carbons (Fsp3) is 0.214. The van der Waals surface area contributed by atoms with E-state index in [-0.39, 0.29) is 17.9 Å². The number of nitro benzene ring substituents is 2. The van der Waals surface area contributed by atoms with Crippen molar-refractivity contribution in [1.29, 1.82) is 0 Å². The maximum absolute atomic E-state index is 11.7. The number of nitro groups is 2. The number of anilines is 1. The Morgan fingerprint density at radius 1 is 1.18 bits per heavy atom. The van der Waals surface area contributed by atoms with E-state index in [1.54, 1.807) is 6.08 Å². The van der Waals surface area contributed by atoms with Gasteiger partial charge in [0.1, 0.15) is 0 Å². The SMILES string of the molecule is C#CCC1C(=O)C=CC1Nc1cc([N+](=O)[O-])cc([N+](=O)[O-])c1. The number of hydrogen-bond donors (Lipinski definition) is 1. The van der Waals surface area contributed by atoms with E-state index in [0.29, 0.717) is 0 Å². The maximum atomic E-state index is 11.7. The van der Waals surface area contributed by atoms with Crippen molar-refractivity contribution in [3.05, 3.63) is 50.6 Å². The molecule has 0 bridgehead atoms. The third kappa shape index (κ3) is 3.09. The number of benzene rings is 1. The smallest absolute Gasteiger partial charge is 0.278 e. The molecule has 0 heterocycles. The molecule has 1 aliphatic rings. The molecule has 0 radical (unpaired) electrons. The first kappa shape index (κ1) is 15.2. The van der Waals surface area contributed by atoms with Gasteiger partial charge in [0.25, 0.3) is 11.4 Å². The Kier molecular flexibility index (Phi) is 4.18. The fourth-order valence-corrected chi connectivity index (χ4v) is 2.22. The number of carbonyl (C=O) groups is 1. The van der Waals surface area contributed by atoms with E-state index >= 15 is 0 Å². The summed E-state index contributed by atoms with van der Waals surface area (Å²) in [4.78, 5) is 31.9. The standard InChI is InChI=1S/C14H11N3O5/c1-2-3-12-13(4-5-14(12)18)15-9-6-10(16(19)20)8-11(7-9)17(21)22/h1,4-8,12-13,15H,3H2. The number of ketones is 1. The van der Waals surface area contributed by atoms with E-state index in [1.165, 1.54) is 18.2 Å². The molecule has 1 aliphatic carbocycles. The summed E-state index contributed by atoms with van der Waals surface area (Å²) in [7, 11) is 0. The summed E-state index contributed by atoms with van der Waals surface area (Å²) in [6.07, 6.45) is 8.40. The van der Waals surface area contributed by atoms with Gasteiger partial charge in [-0.05, 0) is 6.08 Å². The predicted octanol–water partition coefficient (Wildman–Crippen LogP) is 2.06. The maximum Gasteiger partial charge on any atom is 0.278 e. The Morgan fingerprint density at radius 2 is 1.77 bits per heavy atom. The van der Waals surface area contributed by atoms with Crippen LogP contribution in [-0.4, -0.2) is 21.7 Å². The van der Waals surface area contributed by atoms with Crippen LogP contribution in [0.4, 0.5) is 17.1 Å². The van der Waals surface area contributed by atoms with Crippen LogP contribution in [0.5, 0.6) is 0 Å². The lowest BCUT2D eigenvalue weighted by molar-refractivity contribution is -0.394. The molecule has 1 aromatic carbocycles. The van der Waals surface area contributed by atoms with Crippen LogP contribution < -0.4 is 5.32 Å². The number of nitrogens with zero attached hydrogens (tertiary/aromatic N) is 2. The summed E-state index contributed by atoms with van der Waals surface area (Å²) < 4.78 is 0. The van der Waals surface area contributed by atoms with Crippen LogP contribution in [-0.2, 0) is 4.79 Å². The van der Waals surface area contributed by atoms with Gasteiger partial charge in [-0.1, -0.05) is 6.08 Å². The molecule has 0 saturated carbocycles. The fourth-order valence-electron chi connectivity index (χ4n) is 2.22. The average Bonchev–Trinajstić information content (AvgIpc) is 2.80. The van der Waals surface area contributed by atoms with Crippen molar-refractivity contribution >= 4 is 22.8 Å². The summed E-state index contributed by atoms with van der Waals surface area (Å²) in [5.41, 5.74) is -0.621. The largest absolute Gasteiger partial charge is 0.378 e. The van der Waals surface area contributed by atoms with Gasteiger partial charge in [-0.15, -0.1) is 12.3 Å². The molecule has 112 valence electrons. The minimum Gasteiger partial charge on any atom is -0.378 e. The minimum atomic E-state index is -0.716. The van der Waals surface area contributed by atoms with Crippen LogP contribution in [0.1, 0.15) is 6.42 Å². The molecule has 2 atom stereocenters. The molecule has 0 fully saturated rings. The minimum absolute atomic E-state index is 0.143.